The summed E-state index contributed by atoms with van der Waals surface area (Å²) in [5, 5.41) is 9.94. The van der Waals surface area contributed by atoms with Gasteiger partial charge in [-0.2, -0.15) is 0 Å². The first-order chi connectivity index (χ1) is 8.88. The largest absolute Gasteiger partial charge is 0.384 e. The fourth-order valence-electron chi connectivity index (χ4n) is 1.85. The minimum atomic E-state index is -1.57. The average Bonchev–Trinajstić information content (AvgIpc) is 2.31. The van der Waals surface area contributed by atoms with Gasteiger partial charge in [0.1, 0.15) is 17.7 Å². The predicted molar refractivity (Wildman–Crippen MR) is 61.5 cm³/mol. The molecular formula is C14H10F4O. The molecule has 0 amide bonds. The average molecular weight is 270 g/mol. The van der Waals surface area contributed by atoms with Crippen molar-refractivity contribution in [1.29, 1.82) is 0 Å². The van der Waals surface area contributed by atoms with Crippen LogP contribution in [0.5, 0.6) is 0 Å². The standard InChI is InChI=1S/C14H10F4O/c1-7-2-8(4-9(15)3-7)14(19)10-5-12(17)13(18)6-11(10)16/h2-6,14,19H,1H3. The summed E-state index contributed by atoms with van der Waals surface area (Å²) in [5.74, 6) is -4.31. The molecule has 0 spiro atoms. The lowest BCUT2D eigenvalue weighted by Gasteiger charge is -2.13. The van der Waals surface area contributed by atoms with Gasteiger partial charge in [-0.15, -0.1) is 0 Å². The van der Waals surface area contributed by atoms with Crippen LogP contribution in [0.15, 0.2) is 30.3 Å². The molecule has 5 heteroatoms. The Hall–Kier alpha value is -1.88. The number of aliphatic hydroxyl groups is 1. The van der Waals surface area contributed by atoms with Crippen LogP contribution in [0.2, 0.25) is 0 Å². The smallest absolute Gasteiger partial charge is 0.161 e. The molecule has 100 valence electrons. The molecule has 2 aromatic rings. The van der Waals surface area contributed by atoms with E-state index in [0.29, 0.717) is 17.7 Å². The molecule has 0 aromatic heterocycles. The number of rotatable bonds is 2. The topological polar surface area (TPSA) is 20.2 Å². The summed E-state index contributed by atoms with van der Waals surface area (Å²) in [7, 11) is 0. The highest BCUT2D eigenvalue weighted by molar-refractivity contribution is 5.34. The van der Waals surface area contributed by atoms with Crippen molar-refractivity contribution < 1.29 is 22.7 Å². The molecule has 1 unspecified atom stereocenters. The molecule has 0 heterocycles. The quantitative estimate of drug-likeness (QED) is 0.652. The van der Waals surface area contributed by atoms with Crippen molar-refractivity contribution in [1.82, 2.24) is 0 Å². The van der Waals surface area contributed by atoms with Gasteiger partial charge in [0.2, 0.25) is 0 Å². The van der Waals surface area contributed by atoms with Crippen molar-refractivity contribution in [2.75, 3.05) is 0 Å². The first kappa shape index (κ1) is 13.5. The summed E-state index contributed by atoms with van der Waals surface area (Å²) in [6, 6.07) is 4.60. The van der Waals surface area contributed by atoms with Gasteiger partial charge in [0, 0.05) is 11.6 Å². The van der Waals surface area contributed by atoms with Gasteiger partial charge in [-0.3, -0.25) is 0 Å². The molecule has 2 rings (SSSR count). The summed E-state index contributed by atoms with van der Waals surface area (Å²) in [6.07, 6.45) is -1.57. The Labute approximate surface area is 107 Å². The normalized spacial score (nSPS) is 12.5. The highest BCUT2D eigenvalue weighted by Crippen LogP contribution is 2.27. The van der Waals surface area contributed by atoms with Crippen LogP contribution in [0, 0.1) is 30.2 Å². The van der Waals surface area contributed by atoms with Crippen molar-refractivity contribution in [2.24, 2.45) is 0 Å². The van der Waals surface area contributed by atoms with Gasteiger partial charge < -0.3 is 5.11 Å². The molecule has 19 heavy (non-hydrogen) atoms. The molecule has 1 nitrogen and oxygen atoms in total. The van der Waals surface area contributed by atoms with E-state index < -0.39 is 34.9 Å². The molecule has 0 fully saturated rings. The third kappa shape index (κ3) is 2.76. The Morgan fingerprint density at radius 2 is 1.47 bits per heavy atom. The number of benzene rings is 2. The van der Waals surface area contributed by atoms with Crippen LogP contribution >= 0.6 is 0 Å². The molecule has 0 aliphatic heterocycles. The molecule has 1 N–H and O–H groups in total. The van der Waals surface area contributed by atoms with Gasteiger partial charge in [0.15, 0.2) is 11.6 Å². The number of aryl methyl sites for hydroxylation is 1. The van der Waals surface area contributed by atoms with Crippen LogP contribution in [0.1, 0.15) is 22.8 Å². The van der Waals surface area contributed by atoms with Crippen molar-refractivity contribution in [3.63, 3.8) is 0 Å². The maximum absolute atomic E-state index is 13.5. The SMILES string of the molecule is Cc1cc(F)cc(C(O)c2cc(F)c(F)cc2F)c1. The number of aliphatic hydroxyl groups excluding tert-OH is 1. The third-order valence-electron chi connectivity index (χ3n) is 2.71. The minimum Gasteiger partial charge on any atom is -0.384 e. The van der Waals surface area contributed by atoms with Crippen LogP contribution in [0.3, 0.4) is 0 Å². The first-order valence-corrected chi connectivity index (χ1v) is 5.48. The minimum absolute atomic E-state index is 0.0717. The third-order valence-corrected chi connectivity index (χ3v) is 2.71. The van der Waals surface area contributed by atoms with E-state index in [1.807, 2.05) is 0 Å². The van der Waals surface area contributed by atoms with Crippen molar-refractivity contribution >= 4 is 0 Å². The van der Waals surface area contributed by atoms with Gasteiger partial charge in [-0.1, -0.05) is 6.07 Å². The van der Waals surface area contributed by atoms with Gasteiger partial charge >= 0.3 is 0 Å². The van der Waals surface area contributed by atoms with Crippen LogP contribution in [0.4, 0.5) is 17.6 Å². The monoisotopic (exact) mass is 270 g/mol. The maximum Gasteiger partial charge on any atom is 0.161 e. The van der Waals surface area contributed by atoms with Crippen LogP contribution in [-0.4, -0.2) is 5.11 Å². The first-order valence-electron chi connectivity index (χ1n) is 5.48. The zero-order chi connectivity index (χ0) is 14.2. The fourth-order valence-corrected chi connectivity index (χ4v) is 1.85. The van der Waals surface area contributed by atoms with Crippen LogP contribution in [-0.2, 0) is 0 Å². The molecule has 0 aliphatic rings. The second-order valence-electron chi connectivity index (χ2n) is 4.25. The molecular weight excluding hydrogens is 260 g/mol. The lowest BCUT2D eigenvalue weighted by atomic mass is 9.99. The lowest BCUT2D eigenvalue weighted by Crippen LogP contribution is -2.05. The van der Waals surface area contributed by atoms with Crippen molar-refractivity contribution in [3.8, 4) is 0 Å². The molecule has 2 aromatic carbocycles. The van der Waals surface area contributed by atoms with E-state index in [4.69, 9.17) is 0 Å². The molecule has 0 radical (unpaired) electrons. The number of hydrogen-bond donors (Lipinski definition) is 1. The summed E-state index contributed by atoms with van der Waals surface area (Å²) in [5.41, 5.74) is 0.156. The van der Waals surface area contributed by atoms with Gasteiger partial charge in [-0.05, 0) is 36.2 Å². The zero-order valence-corrected chi connectivity index (χ0v) is 9.92. The Morgan fingerprint density at radius 1 is 0.842 bits per heavy atom. The molecule has 1 atom stereocenters. The van der Waals surface area contributed by atoms with E-state index in [1.165, 1.54) is 12.1 Å². The maximum atomic E-state index is 13.5. The Balaban J connectivity index is 2.49. The summed E-state index contributed by atoms with van der Waals surface area (Å²) < 4.78 is 52.6. The molecule has 0 bridgehead atoms. The molecule has 0 aliphatic carbocycles. The van der Waals surface area contributed by atoms with Gasteiger partial charge in [0.05, 0.1) is 0 Å². The summed E-state index contributed by atoms with van der Waals surface area (Å²) >= 11 is 0. The Morgan fingerprint density at radius 3 is 2.11 bits per heavy atom. The van der Waals surface area contributed by atoms with E-state index in [1.54, 1.807) is 6.92 Å². The Bertz CT molecular complexity index is 605. The van der Waals surface area contributed by atoms with Crippen molar-refractivity contribution in [3.05, 3.63) is 70.3 Å². The fraction of sp³-hybridized carbons (Fsp3) is 0.143. The van der Waals surface area contributed by atoms with Crippen molar-refractivity contribution in [2.45, 2.75) is 13.0 Å². The summed E-state index contributed by atoms with van der Waals surface area (Å²) in [4.78, 5) is 0. The van der Waals surface area contributed by atoms with E-state index in [-0.39, 0.29) is 5.56 Å². The highest BCUT2D eigenvalue weighted by Gasteiger charge is 2.19. The van der Waals surface area contributed by atoms with E-state index in [2.05, 4.69) is 0 Å². The second-order valence-corrected chi connectivity index (χ2v) is 4.25. The van der Waals surface area contributed by atoms with Gasteiger partial charge in [-0.25, -0.2) is 17.6 Å². The van der Waals surface area contributed by atoms with Crippen LogP contribution in [0.25, 0.3) is 0 Å². The number of halogens is 4. The van der Waals surface area contributed by atoms with E-state index in [0.717, 1.165) is 6.07 Å². The Kier molecular flexibility index (Phi) is 3.57. The summed E-state index contributed by atoms with van der Waals surface area (Å²) in [6.45, 7) is 1.60. The lowest BCUT2D eigenvalue weighted by molar-refractivity contribution is 0.213. The molecule has 0 saturated carbocycles. The van der Waals surface area contributed by atoms with E-state index >= 15 is 0 Å². The number of hydrogen-bond acceptors (Lipinski definition) is 1. The predicted octanol–water partition coefficient (Wildman–Crippen LogP) is 3.63. The molecule has 0 saturated heterocycles. The highest BCUT2D eigenvalue weighted by atomic mass is 19.2. The second kappa shape index (κ2) is 5.01. The van der Waals surface area contributed by atoms with Crippen LogP contribution < -0.4 is 0 Å². The van der Waals surface area contributed by atoms with Gasteiger partial charge in [0.25, 0.3) is 0 Å². The van der Waals surface area contributed by atoms with E-state index in [9.17, 15) is 22.7 Å². The zero-order valence-electron chi connectivity index (χ0n) is 9.92.